The monoisotopic (exact) mass is 190 g/mol. The van der Waals surface area contributed by atoms with Crippen LogP contribution in [0.3, 0.4) is 0 Å². The van der Waals surface area contributed by atoms with Crippen molar-refractivity contribution >= 4 is 10.9 Å². The van der Waals surface area contributed by atoms with Gasteiger partial charge in [-0.3, -0.25) is 5.32 Å². The average Bonchev–Trinajstić information content (AvgIpc) is 2.59. The van der Waals surface area contributed by atoms with E-state index in [1.54, 1.807) is 7.05 Å². The standard InChI is InChI=1S/C11H14N2O/c1-12-11(14)9-4-3-5-10-8(9)6-7-13(10)2/h3-7,11-12,14H,1-2H3. The van der Waals surface area contributed by atoms with Crippen molar-refractivity contribution in [2.24, 2.45) is 7.05 Å². The minimum Gasteiger partial charge on any atom is -0.374 e. The Balaban J connectivity index is 2.65. The highest BCUT2D eigenvalue weighted by atomic mass is 16.3. The zero-order chi connectivity index (χ0) is 10.1. The quantitative estimate of drug-likeness (QED) is 0.702. The number of aliphatic hydroxyl groups is 1. The number of benzene rings is 1. The van der Waals surface area contributed by atoms with Crippen molar-refractivity contribution in [3.05, 3.63) is 36.0 Å². The molecule has 3 heteroatoms. The summed E-state index contributed by atoms with van der Waals surface area (Å²) < 4.78 is 2.04. The maximum Gasteiger partial charge on any atom is 0.131 e. The van der Waals surface area contributed by atoms with Crippen LogP contribution in [0.25, 0.3) is 10.9 Å². The van der Waals surface area contributed by atoms with Crippen LogP contribution in [0.2, 0.25) is 0 Å². The molecule has 0 bridgehead atoms. The highest BCUT2D eigenvalue weighted by molar-refractivity contribution is 5.83. The van der Waals surface area contributed by atoms with Crippen LogP contribution in [0.1, 0.15) is 11.8 Å². The summed E-state index contributed by atoms with van der Waals surface area (Å²) in [6.45, 7) is 0. The first-order chi connectivity index (χ1) is 6.74. The van der Waals surface area contributed by atoms with E-state index in [0.717, 1.165) is 16.5 Å². The summed E-state index contributed by atoms with van der Waals surface area (Å²) >= 11 is 0. The van der Waals surface area contributed by atoms with E-state index >= 15 is 0 Å². The molecule has 0 aliphatic rings. The molecule has 0 amide bonds. The highest BCUT2D eigenvalue weighted by Crippen LogP contribution is 2.23. The summed E-state index contributed by atoms with van der Waals surface area (Å²) in [6.07, 6.45) is 1.40. The van der Waals surface area contributed by atoms with Gasteiger partial charge in [-0.25, -0.2) is 0 Å². The molecule has 1 heterocycles. The summed E-state index contributed by atoms with van der Waals surface area (Å²) in [5.41, 5.74) is 2.06. The van der Waals surface area contributed by atoms with Gasteiger partial charge >= 0.3 is 0 Å². The Morgan fingerprint density at radius 1 is 1.36 bits per heavy atom. The van der Waals surface area contributed by atoms with Gasteiger partial charge in [-0.2, -0.15) is 0 Å². The Morgan fingerprint density at radius 2 is 2.14 bits per heavy atom. The van der Waals surface area contributed by atoms with E-state index in [-0.39, 0.29) is 0 Å². The summed E-state index contributed by atoms with van der Waals surface area (Å²) in [4.78, 5) is 0. The fraction of sp³-hybridized carbons (Fsp3) is 0.273. The maximum atomic E-state index is 9.72. The van der Waals surface area contributed by atoms with Crippen molar-refractivity contribution in [3.63, 3.8) is 0 Å². The fourth-order valence-corrected chi connectivity index (χ4v) is 1.72. The number of aliphatic hydroxyl groups excluding tert-OH is 1. The second-order valence-electron chi connectivity index (χ2n) is 3.40. The number of fused-ring (bicyclic) bond motifs is 1. The summed E-state index contributed by atoms with van der Waals surface area (Å²) in [5, 5.41) is 13.6. The van der Waals surface area contributed by atoms with Crippen molar-refractivity contribution in [1.82, 2.24) is 9.88 Å². The Kier molecular flexibility index (Phi) is 2.27. The average molecular weight is 190 g/mol. The number of hydrogen-bond acceptors (Lipinski definition) is 2. The lowest BCUT2D eigenvalue weighted by molar-refractivity contribution is 0.151. The number of nitrogens with zero attached hydrogens (tertiary/aromatic N) is 1. The molecule has 0 aliphatic heterocycles. The van der Waals surface area contributed by atoms with Crippen molar-refractivity contribution in [2.75, 3.05) is 7.05 Å². The van der Waals surface area contributed by atoms with Crippen LogP contribution >= 0.6 is 0 Å². The van der Waals surface area contributed by atoms with Crippen LogP contribution in [-0.4, -0.2) is 16.7 Å². The van der Waals surface area contributed by atoms with Gasteiger partial charge in [0.2, 0.25) is 0 Å². The first-order valence-electron chi connectivity index (χ1n) is 4.63. The van der Waals surface area contributed by atoms with Crippen molar-refractivity contribution < 1.29 is 5.11 Å². The third-order valence-corrected chi connectivity index (χ3v) is 2.53. The van der Waals surface area contributed by atoms with Crippen LogP contribution in [0.5, 0.6) is 0 Å². The van der Waals surface area contributed by atoms with Crippen LogP contribution in [0.4, 0.5) is 0 Å². The van der Waals surface area contributed by atoms with Crippen molar-refractivity contribution in [1.29, 1.82) is 0 Å². The minimum absolute atomic E-state index is 0.596. The van der Waals surface area contributed by atoms with Crippen molar-refractivity contribution in [2.45, 2.75) is 6.23 Å². The van der Waals surface area contributed by atoms with Gasteiger partial charge in [0.25, 0.3) is 0 Å². The molecule has 2 aromatic rings. The molecule has 3 nitrogen and oxygen atoms in total. The normalized spacial score (nSPS) is 13.4. The number of aromatic nitrogens is 1. The summed E-state index contributed by atoms with van der Waals surface area (Å²) in [6, 6.07) is 7.95. The Morgan fingerprint density at radius 3 is 2.86 bits per heavy atom. The molecule has 1 aromatic heterocycles. The molecule has 1 atom stereocenters. The lowest BCUT2D eigenvalue weighted by atomic mass is 10.1. The molecule has 0 aliphatic carbocycles. The first kappa shape index (κ1) is 9.24. The van der Waals surface area contributed by atoms with E-state index in [2.05, 4.69) is 5.32 Å². The van der Waals surface area contributed by atoms with Gasteiger partial charge in [-0.05, 0) is 19.2 Å². The topological polar surface area (TPSA) is 37.2 Å². The summed E-state index contributed by atoms with van der Waals surface area (Å²) in [5.74, 6) is 0. The molecule has 0 radical (unpaired) electrons. The molecule has 1 aromatic carbocycles. The number of aryl methyl sites for hydroxylation is 1. The van der Waals surface area contributed by atoms with Crippen LogP contribution < -0.4 is 5.32 Å². The molecule has 1 unspecified atom stereocenters. The van der Waals surface area contributed by atoms with Gasteiger partial charge in [0.15, 0.2) is 0 Å². The van der Waals surface area contributed by atoms with E-state index < -0.39 is 6.23 Å². The zero-order valence-corrected chi connectivity index (χ0v) is 8.36. The van der Waals surface area contributed by atoms with E-state index in [9.17, 15) is 5.11 Å². The van der Waals surface area contributed by atoms with Gasteiger partial charge in [-0.15, -0.1) is 0 Å². The second-order valence-corrected chi connectivity index (χ2v) is 3.40. The molecule has 14 heavy (non-hydrogen) atoms. The van der Waals surface area contributed by atoms with E-state index in [0.29, 0.717) is 0 Å². The molecular formula is C11H14N2O. The van der Waals surface area contributed by atoms with Gasteiger partial charge in [0.1, 0.15) is 6.23 Å². The maximum absolute atomic E-state index is 9.72. The third-order valence-electron chi connectivity index (χ3n) is 2.53. The Hall–Kier alpha value is -1.32. The zero-order valence-electron chi connectivity index (χ0n) is 8.36. The van der Waals surface area contributed by atoms with Crippen LogP contribution in [0.15, 0.2) is 30.5 Å². The highest BCUT2D eigenvalue weighted by Gasteiger charge is 2.09. The van der Waals surface area contributed by atoms with Crippen molar-refractivity contribution in [3.8, 4) is 0 Å². The molecule has 74 valence electrons. The smallest absolute Gasteiger partial charge is 0.131 e. The predicted octanol–water partition coefficient (Wildman–Crippen LogP) is 1.39. The number of hydrogen-bond donors (Lipinski definition) is 2. The largest absolute Gasteiger partial charge is 0.374 e. The fourth-order valence-electron chi connectivity index (χ4n) is 1.72. The lowest BCUT2D eigenvalue weighted by Crippen LogP contribution is -2.15. The second kappa shape index (κ2) is 3.44. The van der Waals surface area contributed by atoms with Crippen LogP contribution in [0, 0.1) is 0 Å². The van der Waals surface area contributed by atoms with E-state index in [1.165, 1.54) is 0 Å². The predicted molar refractivity (Wildman–Crippen MR) is 56.9 cm³/mol. The van der Waals surface area contributed by atoms with Crippen LogP contribution in [-0.2, 0) is 7.05 Å². The number of rotatable bonds is 2. The lowest BCUT2D eigenvalue weighted by Gasteiger charge is -2.10. The molecule has 0 spiro atoms. The minimum atomic E-state index is -0.596. The molecule has 2 rings (SSSR count). The van der Waals surface area contributed by atoms with Gasteiger partial charge in [0, 0.05) is 29.7 Å². The Labute approximate surface area is 83.0 Å². The molecule has 0 fully saturated rings. The molecular weight excluding hydrogens is 176 g/mol. The SMILES string of the molecule is CNC(O)c1cccc2c1ccn2C. The van der Waals surface area contributed by atoms with Gasteiger partial charge < -0.3 is 9.67 Å². The third kappa shape index (κ3) is 1.31. The molecule has 2 N–H and O–H groups in total. The summed E-state index contributed by atoms with van der Waals surface area (Å²) in [7, 11) is 3.74. The molecule has 0 saturated carbocycles. The Bertz CT molecular complexity index is 447. The van der Waals surface area contributed by atoms with E-state index in [1.807, 2.05) is 42.1 Å². The van der Waals surface area contributed by atoms with Gasteiger partial charge in [-0.1, -0.05) is 12.1 Å². The van der Waals surface area contributed by atoms with Gasteiger partial charge in [0.05, 0.1) is 0 Å². The first-order valence-corrected chi connectivity index (χ1v) is 4.63. The number of nitrogens with one attached hydrogen (secondary N) is 1. The molecule has 0 saturated heterocycles. The van der Waals surface area contributed by atoms with E-state index in [4.69, 9.17) is 0 Å².